The molecule has 192 valence electrons. The number of thiophene rings is 1. The second-order valence-electron chi connectivity index (χ2n) is 8.42. The number of ether oxygens (including phenoxy) is 1. The highest BCUT2D eigenvalue weighted by molar-refractivity contribution is 9.10. The summed E-state index contributed by atoms with van der Waals surface area (Å²) in [7, 11) is 0. The van der Waals surface area contributed by atoms with E-state index in [1.807, 2.05) is 26.2 Å². The van der Waals surface area contributed by atoms with Crippen LogP contribution in [0.25, 0.3) is 5.82 Å². The molecule has 2 N–H and O–H groups in total. The van der Waals surface area contributed by atoms with Gasteiger partial charge in [-0.3, -0.25) is 9.59 Å². The van der Waals surface area contributed by atoms with Crippen LogP contribution in [-0.2, 0) is 0 Å². The van der Waals surface area contributed by atoms with Gasteiger partial charge in [0.05, 0.1) is 16.3 Å². The number of rotatable bonds is 8. The second kappa shape index (κ2) is 11.6. The summed E-state index contributed by atoms with van der Waals surface area (Å²) in [6.07, 6.45) is 1.54. The molecule has 0 saturated carbocycles. The number of nitrogens with zero attached hydrogens (tertiary/aromatic N) is 3. The summed E-state index contributed by atoms with van der Waals surface area (Å²) in [6, 6.07) is 9.57. The van der Waals surface area contributed by atoms with E-state index in [-0.39, 0.29) is 51.5 Å². The normalized spacial score (nSPS) is 11.9. The number of amides is 2. The number of anilines is 1. The number of carbonyl (C=O) groups is 2. The molecule has 12 heteroatoms. The van der Waals surface area contributed by atoms with E-state index in [1.54, 1.807) is 29.6 Å². The summed E-state index contributed by atoms with van der Waals surface area (Å²) in [6.45, 7) is 5.91. The maximum Gasteiger partial charge on any atom is 0.274 e. The van der Waals surface area contributed by atoms with Gasteiger partial charge in [0.2, 0.25) is 5.88 Å². The van der Waals surface area contributed by atoms with E-state index in [9.17, 15) is 9.59 Å². The third-order valence-corrected chi connectivity index (χ3v) is 7.27. The molecule has 0 spiro atoms. The average Bonchev–Trinajstić information content (AvgIpc) is 3.51. The summed E-state index contributed by atoms with van der Waals surface area (Å²) >= 11 is 17.5. The standard InChI is InChI=1S/C25H22BrCl2N5O3S/c1-13(2)14(3)30-24(34)17-9-15(27)10-18(26)22(17)31-25(35)20-11-21(36-16-6-8-37-12-16)32-33(20)23-19(28)5-4-7-29-23/h4-14H,1-3H3,(H,30,34)(H,31,35). The molecule has 3 heterocycles. The Morgan fingerprint density at radius 3 is 2.59 bits per heavy atom. The van der Waals surface area contributed by atoms with Crippen LogP contribution in [-0.4, -0.2) is 32.6 Å². The van der Waals surface area contributed by atoms with Crippen LogP contribution in [0.4, 0.5) is 5.69 Å². The Balaban J connectivity index is 1.73. The number of benzene rings is 1. The first-order valence-electron chi connectivity index (χ1n) is 11.2. The Morgan fingerprint density at radius 1 is 1.14 bits per heavy atom. The number of halogens is 3. The molecule has 1 unspecified atom stereocenters. The van der Waals surface area contributed by atoms with E-state index in [2.05, 4.69) is 36.6 Å². The van der Waals surface area contributed by atoms with E-state index in [4.69, 9.17) is 27.9 Å². The van der Waals surface area contributed by atoms with Crippen LogP contribution >= 0.6 is 50.5 Å². The Bertz CT molecular complexity index is 1440. The van der Waals surface area contributed by atoms with Crippen LogP contribution in [0.15, 0.2) is 57.8 Å². The van der Waals surface area contributed by atoms with Gasteiger partial charge in [-0.25, -0.2) is 9.67 Å². The molecule has 1 aromatic carbocycles. The van der Waals surface area contributed by atoms with Gasteiger partial charge in [0.1, 0.15) is 11.4 Å². The van der Waals surface area contributed by atoms with Crippen molar-refractivity contribution in [1.29, 1.82) is 0 Å². The number of hydrogen-bond donors (Lipinski definition) is 2. The van der Waals surface area contributed by atoms with Gasteiger partial charge in [-0.05, 0) is 64.5 Å². The first-order valence-corrected chi connectivity index (χ1v) is 13.7. The van der Waals surface area contributed by atoms with Gasteiger partial charge in [0.15, 0.2) is 5.82 Å². The monoisotopic (exact) mass is 621 g/mol. The summed E-state index contributed by atoms with van der Waals surface area (Å²) in [4.78, 5) is 31.0. The minimum Gasteiger partial charge on any atom is -0.437 e. The molecule has 0 aliphatic rings. The lowest BCUT2D eigenvalue weighted by Gasteiger charge is -2.19. The molecular weight excluding hydrogens is 601 g/mol. The molecule has 0 fully saturated rings. The first-order chi connectivity index (χ1) is 17.6. The zero-order valence-corrected chi connectivity index (χ0v) is 23.9. The number of carbonyl (C=O) groups excluding carboxylic acids is 2. The SMILES string of the molecule is CC(C)C(C)NC(=O)c1cc(Cl)cc(Br)c1NC(=O)c1cc(Oc2ccsc2)nn1-c1ncccc1Cl. The minimum atomic E-state index is -0.566. The first kappa shape index (κ1) is 27.1. The molecule has 0 radical (unpaired) electrons. The van der Waals surface area contributed by atoms with Crippen LogP contribution < -0.4 is 15.4 Å². The second-order valence-corrected chi connectivity index (χ2v) is 10.9. The van der Waals surface area contributed by atoms with Crippen molar-refractivity contribution in [1.82, 2.24) is 20.1 Å². The van der Waals surface area contributed by atoms with Crippen LogP contribution in [0.1, 0.15) is 41.6 Å². The zero-order chi connectivity index (χ0) is 26.7. The fourth-order valence-corrected chi connectivity index (χ4v) is 4.87. The van der Waals surface area contributed by atoms with Crippen molar-refractivity contribution in [3.05, 3.63) is 79.1 Å². The third-order valence-electron chi connectivity index (χ3n) is 5.47. The van der Waals surface area contributed by atoms with Gasteiger partial charge in [-0.2, -0.15) is 0 Å². The predicted octanol–water partition coefficient (Wildman–Crippen LogP) is 7.22. The lowest BCUT2D eigenvalue weighted by atomic mass is 10.1. The Labute approximate surface area is 236 Å². The van der Waals surface area contributed by atoms with Crippen molar-refractivity contribution in [2.45, 2.75) is 26.8 Å². The number of hydrogen-bond acceptors (Lipinski definition) is 6. The van der Waals surface area contributed by atoms with E-state index < -0.39 is 5.91 Å². The maximum absolute atomic E-state index is 13.6. The van der Waals surface area contributed by atoms with Gasteiger partial charge in [-0.1, -0.05) is 37.0 Å². The highest BCUT2D eigenvalue weighted by Crippen LogP contribution is 2.32. The Hall–Kier alpha value is -2.92. The van der Waals surface area contributed by atoms with E-state index >= 15 is 0 Å². The van der Waals surface area contributed by atoms with Crippen molar-refractivity contribution in [2.75, 3.05) is 5.32 Å². The van der Waals surface area contributed by atoms with E-state index in [0.29, 0.717) is 15.2 Å². The lowest BCUT2D eigenvalue weighted by Crippen LogP contribution is -2.36. The molecule has 4 aromatic rings. The van der Waals surface area contributed by atoms with Crippen molar-refractivity contribution in [3.63, 3.8) is 0 Å². The molecule has 0 saturated heterocycles. The van der Waals surface area contributed by atoms with E-state index in [1.165, 1.54) is 34.3 Å². The molecule has 0 bridgehead atoms. The quantitative estimate of drug-likeness (QED) is 0.216. The molecule has 1 atom stereocenters. The van der Waals surface area contributed by atoms with E-state index in [0.717, 1.165) is 0 Å². The Kier molecular flexibility index (Phi) is 8.53. The van der Waals surface area contributed by atoms with Crippen LogP contribution in [0.2, 0.25) is 10.0 Å². The van der Waals surface area contributed by atoms with Gasteiger partial charge in [0.25, 0.3) is 11.8 Å². The minimum absolute atomic E-state index is 0.0922. The molecular formula is C25H22BrCl2N5O3S. The zero-order valence-electron chi connectivity index (χ0n) is 20.0. The summed E-state index contributed by atoms with van der Waals surface area (Å²) in [5, 5.41) is 14.5. The van der Waals surface area contributed by atoms with Gasteiger partial charge in [0, 0.05) is 33.2 Å². The molecule has 4 rings (SSSR count). The number of pyridine rings is 1. The van der Waals surface area contributed by atoms with Crippen molar-refractivity contribution in [3.8, 4) is 17.4 Å². The maximum atomic E-state index is 13.6. The number of aromatic nitrogens is 3. The van der Waals surface area contributed by atoms with Crippen LogP contribution in [0.5, 0.6) is 11.6 Å². The van der Waals surface area contributed by atoms with Gasteiger partial charge >= 0.3 is 0 Å². The highest BCUT2D eigenvalue weighted by atomic mass is 79.9. The molecule has 37 heavy (non-hydrogen) atoms. The summed E-state index contributed by atoms with van der Waals surface area (Å²) in [5.41, 5.74) is 0.550. The average molecular weight is 623 g/mol. The summed E-state index contributed by atoms with van der Waals surface area (Å²) < 4.78 is 7.54. The topological polar surface area (TPSA) is 98.1 Å². The molecule has 8 nitrogen and oxygen atoms in total. The van der Waals surface area contributed by atoms with Crippen molar-refractivity contribution >= 4 is 68.0 Å². The van der Waals surface area contributed by atoms with Crippen LogP contribution in [0.3, 0.4) is 0 Å². The summed E-state index contributed by atoms with van der Waals surface area (Å²) in [5.74, 6) is 0.263. The fraction of sp³-hybridized carbons (Fsp3) is 0.200. The number of nitrogens with one attached hydrogen (secondary N) is 2. The fourth-order valence-electron chi connectivity index (χ4n) is 3.20. The lowest BCUT2D eigenvalue weighted by molar-refractivity contribution is 0.0931. The molecule has 0 aliphatic carbocycles. The third kappa shape index (κ3) is 6.32. The van der Waals surface area contributed by atoms with Crippen LogP contribution in [0, 0.1) is 5.92 Å². The smallest absolute Gasteiger partial charge is 0.274 e. The van der Waals surface area contributed by atoms with Gasteiger partial charge < -0.3 is 15.4 Å². The molecule has 3 aromatic heterocycles. The Morgan fingerprint density at radius 2 is 1.92 bits per heavy atom. The molecule has 0 aliphatic heterocycles. The van der Waals surface area contributed by atoms with Crippen molar-refractivity contribution < 1.29 is 14.3 Å². The highest BCUT2D eigenvalue weighted by Gasteiger charge is 2.24. The predicted molar refractivity (Wildman–Crippen MR) is 150 cm³/mol. The largest absolute Gasteiger partial charge is 0.437 e. The van der Waals surface area contributed by atoms with Crippen molar-refractivity contribution in [2.24, 2.45) is 5.92 Å². The molecule has 2 amide bonds. The van der Waals surface area contributed by atoms with Gasteiger partial charge in [-0.15, -0.1) is 16.4 Å².